The molecule has 1 aromatic rings. The number of amides is 2. The van der Waals surface area contributed by atoms with Gasteiger partial charge in [-0.3, -0.25) is 19.3 Å². The van der Waals surface area contributed by atoms with Crippen LogP contribution in [0.3, 0.4) is 0 Å². The van der Waals surface area contributed by atoms with Crippen LogP contribution in [0.5, 0.6) is 0 Å². The SMILES string of the molecule is Cc1cc(C)c(C(=O)CN2C(=O)C3CC3C2=O)cc1C. The Morgan fingerprint density at radius 1 is 1.05 bits per heavy atom. The van der Waals surface area contributed by atoms with Crippen LogP contribution in [0.25, 0.3) is 0 Å². The molecule has 2 aliphatic rings. The van der Waals surface area contributed by atoms with Crippen LogP contribution >= 0.6 is 0 Å². The van der Waals surface area contributed by atoms with Gasteiger partial charge in [-0.15, -0.1) is 0 Å². The highest BCUT2D eigenvalue weighted by Gasteiger charge is 2.59. The number of Topliss-reactive ketones (excluding diaryl/α,β-unsaturated/α-hetero) is 1. The normalized spacial score (nSPS) is 24.1. The summed E-state index contributed by atoms with van der Waals surface area (Å²) in [6.45, 7) is 5.71. The van der Waals surface area contributed by atoms with Gasteiger partial charge in [0.2, 0.25) is 11.8 Å². The maximum absolute atomic E-state index is 12.4. The van der Waals surface area contributed by atoms with Gasteiger partial charge in [0.15, 0.2) is 5.78 Å². The van der Waals surface area contributed by atoms with Crippen LogP contribution in [-0.4, -0.2) is 29.0 Å². The molecule has 2 atom stereocenters. The molecule has 0 aromatic heterocycles. The van der Waals surface area contributed by atoms with Crippen molar-refractivity contribution < 1.29 is 14.4 Å². The van der Waals surface area contributed by atoms with Crippen LogP contribution in [0.4, 0.5) is 0 Å². The molecule has 2 fully saturated rings. The fourth-order valence-corrected chi connectivity index (χ4v) is 2.90. The number of likely N-dealkylation sites (tertiary alicyclic amines) is 1. The van der Waals surface area contributed by atoms with Crippen LogP contribution in [-0.2, 0) is 9.59 Å². The molecule has 1 aromatic carbocycles. The van der Waals surface area contributed by atoms with Crippen molar-refractivity contribution in [2.24, 2.45) is 11.8 Å². The number of benzene rings is 1. The van der Waals surface area contributed by atoms with Crippen molar-refractivity contribution in [3.63, 3.8) is 0 Å². The molecule has 0 N–H and O–H groups in total. The molecule has 2 amide bonds. The van der Waals surface area contributed by atoms with Crippen molar-refractivity contribution in [2.75, 3.05) is 6.54 Å². The summed E-state index contributed by atoms with van der Waals surface area (Å²) in [6, 6.07) is 3.81. The van der Waals surface area contributed by atoms with Gasteiger partial charge in [0.1, 0.15) is 0 Å². The molecule has 3 rings (SSSR count). The first kappa shape index (κ1) is 13.0. The monoisotopic (exact) mass is 271 g/mol. The Morgan fingerprint density at radius 2 is 1.60 bits per heavy atom. The van der Waals surface area contributed by atoms with E-state index in [-0.39, 0.29) is 36.0 Å². The lowest BCUT2D eigenvalue weighted by Crippen LogP contribution is -2.37. The fraction of sp³-hybridized carbons (Fsp3) is 0.438. The first-order chi connectivity index (χ1) is 9.40. The molecule has 1 heterocycles. The molecule has 1 saturated heterocycles. The third kappa shape index (κ3) is 1.87. The standard InChI is InChI=1S/C16H17NO3/c1-8-4-10(3)11(5-9(8)2)14(18)7-17-15(19)12-6-13(12)16(17)20/h4-5,12-13H,6-7H2,1-3H3. The smallest absolute Gasteiger partial charge is 0.233 e. The van der Waals surface area contributed by atoms with Crippen molar-refractivity contribution >= 4 is 17.6 Å². The van der Waals surface area contributed by atoms with Gasteiger partial charge in [-0.2, -0.15) is 0 Å². The molecule has 2 unspecified atom stereocenters. The zero-order chi connectivity index (χ0) is 14.6. The zero-order valence-electron chi connectivity index (χ0n) is 11.9. The Balaban J connectivity index is 1.82. The van der Waals surface area contributed by atoms with E-state index in [1.807, 2.05) is 32.9 Å². The maximum Gasteiger partial charge on any atom is 0.233 e. The van der Waals surface area contributed by atoms with Crippen LogP contribution in [0.15, 0.2) is 12.1 Å². The number of nitrogens with zero attached hydrogens (tertiary/aromatic N) is 1. The van der Waals surface area contributed by atoms with Gasteiger partial charge in [-0.1, -0.05) is 6.07 Å². The van der Waals surface area contributed by atoms with E-state index in [0.29, 0.717) is 12.0 Å². The first-order valence-electron chi connectivity index (χ1n) is 6.86. The van der Waals surface area contributed by atoms with Crippen molar-refractivity contribution in [2.45, 2.75) is 27.2 Å². The Morgan fingerprint density at radius 3 is 2.20 bits per heavy atom. The highest BCUT2D eigenvalue weighted by atomic mass is 16.2. The van der Waals surface area contributed by atoms with E-state index in [0.717, 1.165) is 21.6 Å². The molecule has 1 saturated carbocycles. The molecular weight excluding hydrogens is 254 g/mol. The largest absolute Gasteiger partial charge is 0.292 e. The summed E-state index contributed by atoms with van der Waals surface area (Å²) in [5.41, 5.74) is 3.67. The molecule has 104 valence electrons. The number of carbonyl (C=O) groups is 3. The second-order valence-corrected chi connectivity index (χ2v) is 5.89. The van der Waals surface area contributed by atoms with E-state index in [1.165, 1.54) is 0 Å². The summed E-state index contributed by atoms with van der Waals surface area (Å²) in [6.07, 6.45) is 0.672. The highest BCUT2D eigenvalue weighted by Crippen LogP contribution is 2.46. The van der Waals surface area contributed by atoms with Crippen LogP contribution < -0.4 is 0 Å². The topological polar surface area (TPSA) is 54.5 Å². The number of fused-ring (bicyclic) bond motifs is 1. The number of carbonyl (C=O) groups excluding carboxylic acids is 3. The highest BCUT2D eigenvalue weighted by molar-refractivity contribution is 6.12. The molecule has 0 spiro atoms. The minimum atomic E-state index is -0.171. The van der Waals surface area contributed by atoms with Crippen molar-refractivity contribution in [3.8, 4) is 0 Å². The fourth-order valence-electron chi connectivity index (χ4n) is 2.90. The molecule has 1 aliphatic heterocycles. The summed E-state index contributed by atoms with van der Waals surface area (Å²) in [5, 5.41) is 0. The number of hydrogen-bond acceptors (Lipinski definition) is 3. The predicted octanol–water partition coefficient (Wildman–Crippen LogP) is 1.80. The van der Waals surface area contributed by atoms with Crippen molar-refractivity contribution in [1.82, 2.24) is 4.90 Å². The number of rotatable bonds is 3. The van der Waals surface area contributed by atoms with E-state index >= 15 is 0 Å². The van der Waals surface area contributed by atoms with Crippen LogP contribution in [0, 0.1) is 32.6 Å². The predicted molar refractivity (Wildman–Crippen MR) is 73.3 cm³/mol. The zero-order valence-corrected chi connectivity index (χ0v) is 11.9. The number of hydrogen-bond donors (Lipinski definition) is 0. The molecule has 20 heavy (non-hydrogen) atoms. The number of aryl methyl sites for hydroxylation is 3. The summed E-state index contributed by atoms with van der Waals surface area (Å²) >= 11 is 0. The molecule has 1 aliphatic carbocycles. The Labute approximate surface area is 117 Å². The van der Waals surface area contributed by atoms with E-state index in [4.69, 9.17) is 0 Å². The lowest BCUT2D eigenvalue weighted by molar-refractivity contribution is -0.140. The quantitative estimate of drug-likeness (QED) is 0.622. The molecule has 0 bridgehead atoms. The van der Waals surface area contributed by atoms with Gasteiger partial charge in [0.05, 0.1) is 18.4 Å². The summed E-state index contributed by atoms with van der Waals surface area (Å²) in [7, 11) is 0. The minimum Gasteiger partial charge on any atom is -0.292 e. The Hall–Kier alpha value is -1.97. The molecular formula is C16H17NO3. The number of imide groups is 1. The Kier molecular flexibility index (Phi) is 2.78. The van der Waals surface area contributed by atoms with Crippen LogP contribution in [0.1, 0.15) is 33.5 Å². The van der Waals surface area contributed by atoms with Gasteiger partial charge in [0, 0.05) is 5.56 Å². The third-order valence-corrected chi connectivity index (χ3v) is 4.40. The summed E-state index contributed by atoms with van der Waals surface area (Å²) in [4.78, 5) is 37.3. The maximum atomic E-state index is 12.4. The van der Waals surface area contributed by atoms with Gasteiger partial charge >= 0.3 is 0 Å². The first-order valence-corrected chi connectivity index (χ1v) is 6.86. The van der Waals surface area contributed by atoms with E-state index in [2.05, 4.69) is 0 Å². The van der Waals surface area contributed by atoms with E-state index in [1.54, 1.807) is 0 Å². The van der Waals surface area contributed by atoms with Crippen molar-refractivity contribution in [1.29, 1.82) is 0 Å². The summed E-state index contributed by atoms with van der Waals surface area (Å²) in [5.74, 6) is -0.787. The second-order valence-electron chi connectivity index (χ2n) is 5.89. The molecule has 0 radical (unpaired) electrons. The summed E-state index contributed by atoms with van der Waals surface area (Å²) < 4.78 is 0. The van der Waals surface area contributed by atoms with Crippen LogP contribution in [0.2, 0.25) is 0 Å². The second kappa shape index (κ2) is 4.27. The number of piperidine rings is 1. The van der Waals surface area contributed by atoms with Crippen molar-refractivity contribution in [3.05, 3.63) is 34.4 Å². The minimum absolute atomic E-state index is 0.117. The average molecular weight is 271 g/mol. The lowest BCUT2D eigenvalue weighted by Gasteiger charge is -2.16. The van der Waals surface area contributed by atoms with E-state index in [9.17, 15) is 14.4 Å². The van der Waals surface area contributed by atoms with Gasteiger partial charge in [0.25, 0.3) is 0 Å². The van der Waals surface area contributed by atoms with E-state index < -0.39 is 0 Å². The van der Waals surface area contributed by atoms with Gasteiger partial charge in [-0.25, -0.2) is 0 Å². The van der Waals surface area contributed by atoms with Gasteiger partial charge in [-0.05, 0) is 49.9 Å². The lowest BCUT2D eigenvalue weighted by atomic mass is 9.98. The number of ketones is 1. The average Bonchev–Trinajstić information content (AvgIpc) is 3.14. The molecule has 4 nitrogen and oxygen atoms in total. The van der Waals surface area contributed by atoms with Gasteiger partial charge < -0.3 is 0 Å². The Bertz CT molecular complexity index is 627. The third-order valence-electron chi connectivity index (χ3n) is 4.40. The molecule has 4 heteroatoms.